The van der Waals surface area contributed by atoms with Gasteiger partial charge in [-0.25, -0.2) is 4.79 Å². The van der Waals surface area contributed by atoms with E-state index in [9.17, 15) is 24.0 Å². The summed E-state index contributed by atoms with van der Waals surface area (Å²) in [5.41, 5.74) is 1.32. The molecular formula is C54H78N2O18. The third kappa shape index (κ3) is 27.5. The Labute approximate surface area is 435 Å². The first-order chi connectivity index (χ1) is 35.4. The van der Waals surface area contributed by atoms with Gasteiger partial charge in [-0.1, -0.05) is 42.5 Å². The van der Waals surface area contributed by atoms with Gasteiger partial charge in [-0.3, -0.25) is 19.2 Å². The van der Waals surface area contributed by atoms with Crippen LogP contribution in [0.5, 0.6) is 11.5 Å². The van der Waals surface area contributed by atoms with E-state index >= 15 is 0 Å². The van der Waals surface area contributed by atoms with Crippen LogP contribution in [-0.4, -0.2) is 193 Å². The van der Waals surface area contributed by atoms with E-state index in [1.54, 1.807) is 52.3 Å². The standard InChI is InChI=1S/C54H78N2O18/c1-53(2,3)55(18-22-66-26-30-70-34-32-68-28-24-64-20-16-50(59)60)48(57)40-72-46-14-12-43(13-15-46)44-36-45(52(63)74-39-42-10-8-7-9-11-42)38-47(37-44)73-41-49(58)56(54(4,5)6)19-23-67-27-31-71-35-33-69-29-25-65-21-17-51(61)62/h7-15,36-38H,16-35,39-41H2,1-6H3,(H,59,60)(H,61,62). The minimum absolute atomic E-state index is 0.0465. The van der Waals surface area contributed by atoms with E-state index in [1.807, 2.05) is 71.9 Å². The third-order valence-corrected chi connectivity index (χ3v) is 10.6. The minimum Gasteiger partial charge on any atom is -0.484 e. The topological polar surface area (TPSA) is 234 Å². The molecule has 0 atom stereocenters. The summed E-state index contributed by atoms with van der Waals surface area (Å²) in [6.07, 6.45) is -0.0979. The summed E-state index contributed by atoms with van der Waals surface area (Å²) >= 11 is 0. The first kappa shape index (κ1) is 62.6. The monoisotopic (exact) mass is 1040 g/mol. The van der Waals surface area contributed by atoms with E-state index in [1.165, 1.54) is 0 Å². The molecule has 0 aromatic heterocycles. The Morgan fingerprint density at radius 1 is 0.446 bits per heavy atom. The number of rotatable bonds is 40. The van der Waals surface area contributed by atoms with Gasteiger partial charge in [-0.05, 0) is 88.6 Å². The van der Waals surface area contributed by atoms with Gasteiger partial charge in [0.05, 0.1) is 124 Å². The molecule has 0 saturated heterocycles. The first-order valence-corrected chi connectivity index (χ1v) is 24.8. The molecule has 2 amide bonds. The molecule has 20 heteroatoms. The molecule has 0 saturated carbocycles. The molecule has 0 spiro atoms. The van der Waals surface area contributed by atoms with Crippen molar-refractivity contribution < 1.29 is 86.3 Å². The summed E-state index contributed by atoms with van der Waals surface area (Å²) in [5, 5.41) is 17.3. The second-order valence-electron chi connectivity index (χ2n) is 18.5. The SMILES string of the molecule is CC(C)(C)N(CCOCCOCCOCCOCCC(=O)O)C(=O)COc1ccc(-c2cc(OCC(=O)N(CCOCCOCCOCCOCCC(=O)O)C(C)(C)C)cc(C(=O)OCc3ccccc3)c2)cc1. The summed E-state index contributed by atoms with van der Waals surface area (Å²) in [5.74, 6) is -2.16. The lowest BCUT2D eigenvalue weighted by Crippen LogP contribution is -2.49. The number of benzene rings is 3. The van der Waals surface area contributed by atoms with E-state index in [-0.39, 0.29) is 75.6 Å². The number of aliphatic carboxylic acids is 2. The highest BCUT2D eigenvalue weighted by Gasteiger charge is 2.28. The number of hydrogen-bond acceptors (Lipinski definition) is 16. The normalized spacial score (nSPS) is 11.5. The number of nitrogens with zero attached hydrogens (tertiary/aromatic N) is 2. The van der Waals surface area contributed by atoms with Gasteiger partial charge < -0.3 is 72.1 Å². The van der Waals surface area contributed by atoms with Crippen molar-refractivity contribution in [2.45, 2.75) is 72.1 Å². The maximum Gasteiger partial charge on any atom is 0.338 e. The third-order valence-electron chi connectivity index (χ3n) is 10.6. The van der Waals surface area contributed by atoms with Crippen molar-refractivity contribution in [3.8, 4) is 22.6 Å². The molecule has 0 bridgehead atoms. The van der Waals surface area contributed by atoms with Crippen molar-refractivity contribution >= 4 is 29.7 Å². The fourth-order valence-corrected chi connectivity index (χ4v) is 6.79. The van der Waals surface area contributed by atoms with Crippen molar-refractivity contribution in [1.82, 2.24) is 9.80 Å². The van der Waals surface area contributed by atoms with Crippen molar-refractivity contribution in [1.29, 1.82) is 0 Å². The highest BCUT2D eigenvalue weighted by Crippen LogP contribution is 2.29. The Morgan fingerprint density at radius 2 is 0.838 bits per heavy atom. The average Bonchev–Trinajstić information content (AvgIpc) is 3.36. The quantitative estimate of drug-likeness (QED) is 0.0506. The molecule has 0 radical (unpaired) electrons. The van der Waals surface area contributed by atoms with Gasteiger partial charge in [0.1, 0.15) is 18.1 Å². The lowest BCUT2D eigenvalue weighted by Gasteiger charge is -2.35. The first-order valence-electron chi connectivity index (χ1n) is 24.8. The number of esters is 1. The van der Waals surface area contributed by atoms with Crippen LogP contribution in [-0.2, 0) is 68.4 Å². The van der Waals surface area contributed by atoms with Gasteiger partial charge >= 0.3 is 17.9 Å². The summed E-state index contributed by atoms with van der Waals surface area (Å²) in [4.78, 5) is 65.0. The van der Waals surface area contributed by atoms with Crippen molar-refractivity contribution in [3.63, 3.8) is 0 Å². The number of carbonyl (C=O) groups is 5. The number of amides is 2. The Kier molecular flexibility index (Phi) is 30.0. The maximum atomic E-state index is 13.7. The van der Waals surface area contributed by atoms with E-state index in [0.717, 1.165) is 5.56 Å². The molecule has 412 valence electrons. The van der Waals surface area contributed by atoms with Gasteiger partial charge in [-0.15, -0.1) is 0 Å². The molecule has 3 rings (SSSR count). The van der Waals surface area contributed by atoms with Crippen LogP contribution in [0.4, 0.5) is 0 Å². The molecule has 20 nitrogen and oxygen atoms in total. The summed E-state index contributed by atoms with van der Waals surface area (Å²) < 4.78 is 61.5. The second kappa shape index (κ2) is 35.5. The number of ether oxygens (including phenoxy) is 11. The maximum absolute atomic E-state index is 13.7. The Balaban J connectivity index is 1.53. The zero-order chi connectivity index (χ0) is 54.0. The molecule has 3 aromatic carbocycles. The molecule has 0 aliphatic rings. The van der Waals surface area contributed by atoms with Crippen LogP contribution in [0, 0.1) is 0 Å². The Morgan fingerprint density at radius 3 is 1.24 bits per heavy atom. The van der Waals surface area contributed by atoms with Crippen LogP contribution in [0.2, 0.25) is 0 Å². The molecule has 3 aromatic rings. The van der Waals surface area contributed by atoms with Gasteiger partial charge in [0.25, 0.3) is 11.8 Å². The molecule has 0 fully saturated rings. The zero-order valence-corrected chi connectivity index (χ0v) is 44.0. The van der Waals surface area contributed by atoms with Gasteiger partial charge in [-0.2, -0.15) is 0 Å². The summed E-state index contributed by atoms with van der Waals surface area (Å²) in [6, 6.07) is 21.4. The van der Waals surface area contributed by atoms with Gasteiger partial charge in [0.2, 0.25) is 0 Å². The molecule has 0 aliphatic carbocycles. The van der Waals surface area contributed by atoms with E-state index in [4.69, 9.17) is 62.3 Å². The van der Waals surface area contributed by atoms with E-state index < -0.39 is 29.0 Å². The van der Waals surface area contributed by atoms with Gasteiger partial charge in [0.15, 0.2) is 13.2 Å². The van der Waals surface area contributed by atoms with Crippen LogP contribution in [0.15, 0.2) is 72.8 Å². The smallest absolute Gasteiger partial charge is 0.338 e. The number of carboxylic acid groups (broad SMARTS) is 2. The Hall–Kier alpha value is -5.71. The van der Waals surface area contributed by atoms with Crippen LogP contribution in [0.3, 0.4) is 0 Å². The number of carbonyl (C=O) groups excluding carboxylic acids is 3. The highest BCUT2D eigenvalue weighted by molar-refractivity contribution is 5.92. The van der Waals surface area contributed by atoms with E-state index in [0.29, 0.717) is 116 Å². The predicted octanol–water partition coefficient (Wildman–Crippen LogP) is 5.80. The van der Waals surface area contributed by atoms with Crippen LogP contribution in [0.1, 0.15) is 70.3 Å². The molecule has 0 heterocycles. The average molecular weight is 1040 g/mol. The molecule has 0 aliphatic heterocycles. The van der Waals surface area contributed by atoms with Crippen molar-refractivity contribution in [2.75, 3.05) is 132 Å². The van der Waals surface area contributed by atoms with Crippen LogP contribution in [0.25, 0.3) is 11.1 Å². The predicted molar refractivity (Wildman–Crippen MR) is 272 cm³/mol. The Bertz CT molecular complexity index is 2070. The zero-order valence-electron chi connectivity index (χ0n) is 44.0. The minimum atomic E-state index is -0.911. The largest absolute Gasteiger partial charge is 0.484 e. The van der Waals surface area contributed by atoms with Crippen LogP contribution >= 0.6 is 0 Å². The number of hydrogen-bond donors (Lipinski definition) is 2. The van der Waals surface area contributed by atoms with Crippen LogP contribution < -0.4 is 9.47 Å². The summed E-state index contributed by atoms with van der Waals surface area (Å²) in [7, 11) is 0. The lowest BCUT2D eigenvalue weighted by atomic mass is 10.0. The fourth-order valence-electron chi connectivity index (χ4n) is 6.79. The van der Waals surface area contributed by atoms with Crippen molar-refractivity contribution in [3.05, 3.63) is 83.9 Å². The molecule has 74 heavy (non-hydrogen) atoms. The molecule has 0 unspecified atom stereocenters. The fraction of sp³-hybridized carbons (Fsp3) is 0.574. The molecular weight excluding hydrogens is 965 g/mol. The second-order valence-corrected chi connectivity index (χ2v) is 18.5. The highest BCUT2D eigenvalue weighted by atomic mass is 16.6. The summed E-state index contributed by atoms with van der Waals surface area (Å²) in [6.45, 7) is 16.6. The lowest BCUT2D eigenvalue weighted by molar-refractivity contribution is -0.140. The van der Waals surface area contributed by atoms with Gasteiger partial charge in [0, 0.05) is 24.2 Å². The number of carboxylic acids is 2. The van der Waals surface area contributed by atoms with Crippen molar-refractivity contribution in [2.24, 2.45) is 0 Å². The molecule has 2 N–H and O–H groups in total. The van der Waals surface area contributed by atoms with E-state index in [2.05, 4.69) is 0 Å².